The third-order valence-electron chi connectivity index (χ3n) is 3.34. The molecule has 2 nitrogen and oxygen atoms in total. The van der Waals surface area contributed by atoms with Crippen LogP contribution < -0.4 is 0 Å². The van der Waals surface area contributed by atoms with E-state index < -0.39 is 29.6 Å². The zero-order valence-corrected chi connectivity index (χ0v) is 13.8. The Labute approximate surface area is 146 Å². The van der Waals surface area contributed by atoms with E-state index in [1.54, 1.807) is 0 Å². The van der Waals surface area contributed by atoms with Gasteiger partial charge in [-0.3, -0.25) is 4.79 Å². The van der Waals surface area contributed by atoms with E-state index in [0.717, 1.165) is 24.3 Å². The number of aliphatic hydroxyl groups excluding tert-OH is 1. The Morgan fingerprint density at radius 2 is 1.15 bits per heavy atom. The molecule has 1 N–H and O–H groups in total. The lowest BCUT2D eigenvalue weighted by atomic mass is 10.1. The number of Topliss-reactive ketones (excluding diaryl/α,β-unsaturated/α-hetero) is 1. The Bertz CT molecular complexity index is 713. The molecule has 0 spiro atoms. The highest BCUT2D eigenvalue weighted by Gasteiger charge is 2.30. The van der Waals surface area contributed by atoms with Gasteiger partial charge in [-0.2, -0.15) is 26.3 Å². The van der Waals surface area contributed by atoms with Gasteiger partial charge in [0.05, 0.1) is 17.2 Å². The first-order valence-corrected chi connectivity index (χ1v) is 7.35. The summed E-state index contributed by atoms with van der Waals surface area (Å²) in [5, 5.41) is 9.04. The number of hydrogen-bond donors (Lipinski definition) is 1. The van der Waals surface area contributed by atoms with E-state index in [-0.39, 0.29) is 11.3 Å². The second kappa shape index (κ2) is 8.35. The normalized spacial score (nSPS) is 12.8. The van der Waals surface area contributed by atoms with Crippen LogP contribution in [-0.2, 0) is 12.4 Å². The molecule has 0 aromatic heterocycles. The second-order valence-electron chi connectivity index (χ2n) is 5.43. The van der Waals surface area contributed by atoms with Gasteiger partial charge >= 0.3 is 12.4 Å². The first-order chi connectivity index (χ1) is 11.8. The third-order valence-corrected chi connectivity index (χ3v) is 3.34. The van der Waals surface area contributed by atoms with Gasteiger partial charge in [-0.05, 0) is 43.7 Å². The maximum atomic E-state index is 12.1. The van der Waals surface area contributed by atoms with Crippen molar-refractivity contribution in [3.63, 3.8) is 0 Å². The zero-order chi connectivity index (χ0) is 20.1. The molecular formula is C18H16F6O2. The number of carbonyl (C=O) groups excluding carboxylic acids is 1. The molecule has 2 aromatic rings. The molecule has 0 bridgehead atoms. The van der Waals surface area contributed by atoms with E-state index >= 15 is 0 Å². The van der Waals surface area contributed by atoms with Gasteiger partial charge in [0, 0.05) is 5.56 Å². The van der Waals surface area contributed by atoms with Gasteiger partial charge < -0.3 is 5.11 Å². The van der Waals surface area contributed by atoms with Gasteiger partial charge in [0.1, 0.15) is 0 Å². The average molecular weight is 378 g/mol. The highest BCUT2D eigenvalue weighted by Crippen LogP contribution is 2.30. The van der Waals surface area contributed by atoms with E-state index in [2.05, 4.69) is 0 Å². The second-order valence-corrected chi connectivity index (χ2v) is 5.43. The van der Waals surface area contributed by atoms with Crippen molar-refractivity contribution < 1.29 is 36.2 Å². The molecule has 0 aliphatic rings. The fraction of sp³-hybridized carbons (Fsp3) is 0.278. The molecule has 142 valence electrons. The van der Waals surface area contributed by atoms with Gasteiger partial charge in [0.25, 0.3) is 0 Å². The molecule has 0 aliphatic carbocycles. The van der Waals surface area contributed by atoms with Crippen molar-refractivity contribution in [1.29, 1.82) is 0 Å². The van der Waals surface area contributed by atoms with Gasteiger partial charge in [-0.15, -0.1) is 0 Å². The molecule has 0 amide bonds. The molecule has 0 aliphatic heterocycles. The number of aliphatic hydroxyl groups is 1. The molecule has 2 aromatic carbocycles. The van der Waals surface area contributed by atoms with Crippen molar-refractivity contribution in [2.24, 2.45) is 0 Å². The molecule has 0 saturated heterocycles. The van der Waals surface area contributed by atoms with Crippen molar-refractivity contribution >= 4 is 5.78 Å². The fourth-order valence-electron chi connectivity index (χ4n) is 1.84. The first-order valence-electron chi connectivity index (χ1n) is 7.35. The average Bonchev–Trinajstić information content (AvgIpc) is 2.54. The highest BCUT2D eigenvalue weighted by atomic mass is 19.4. The van der Waals surface area contributed by atoms with E-state index in [9.17, 15) is 31.1 Å². The molecule has 2 rings (SSSR count). The Morgan fingerprint density at radius 1 is 0.808 bits per heavy atom. The van der Waals surface area contributed by atoms with Crippen LogP contribution >= 0.6 is 0 Å². The number of carbonyl (C=O) groups is 1. The maximum Gasteiger partial charge on any atom is 0.416 e. The smallest absolute Gasteiger partial charge is 0.389 e. The SMILES string of the molecule is CC(=O)c1ccc(C(F)(F)F)cc1.CC(O)c1ccc(C(F)(F)F)cc1. The fourth-order valence-corrected chi connectivity index (χ4v) is 1.84. The number of alkyl halides is 6. The minimum Gasteiger partial charge on any atom is -0.389 e. The van der Waals surface area contributed by atoms with Crippen LogP contribution in [0.4, 0.5) is 26.3 Å². The maximum absolute atomic E-state index is 12.1. The molecule has 26 heavy (non-hydrogen) atoms. The number of halogens is 6. The van der Waals surface area contributed by atoms with Crippen LogP contribution in [0.25, 0.3) is 0 Å². The van der Waals surface area contributed by atoms with Gasteiger partial charge in [-0.25, -0.2) is 0 Å². The molecular weight excluding hydrogens is 362 g/mol. The minimum absolute atomic E-state index is 0.242. The number of ketones is 1. The monoisotopic (exact) mass is 378 g/mol. The zero-order valence-electron chi connectivity index (χ0n) is 13.8. The van der Waals surface area contributed by atoms with Crippen LogP contribution in [0.3, 0.4) is 0 Å². The van der Waals surface area contributed by atoms with Gasteiger partial charge in [0.2, 0.25) is 0 Å². The van der Waals surface area contributed by atoms with Gasteiger partial charge in [0.15, 0.2) is 5.78 Å². The van der Waals surface area contributed by atoms with Crippen LogP contribution in [0.2, 0.25) is 0 Å². The minimum atomic E-state index is -4.34. The van der Waals surface area contributed by atoms with Crippen molar-refractivity contribution in [3.8, 4) is 0 Å². The van der Waals surface area contributed by atoms with Crippen LogP contribution in [0.15, 0.2) is 48.5 Å². The quantitative estimate of drug-likeness (QED) is 0.540. The Morgan fingerprint density at radius 3 is 1.42 bits per heavy atom. The van der Waals surface area contributed by atoms with Crippen molar-refractivity contribution in [2.75, 3.05) is 0 Å². The lowest BCUT2D eigenvalue weighted by Crippen LogP contribution is -2.05. The summed E-state index contributed by atoms with van der Waals surface area (Å²) < 4.78 is 72.3. The van der Waals surface area contributed by atoms with Crippen LogP contribution in [0.1, 0.15) is 47.0 Å². The predicted molar refractivity (Wildman–Crippen MR) is 83.5 cm³/mol. The number of benzene rings is 2. The predicted octanol–water partition coefficient (Wildman–Crippen LogP) is 5.67. The summed E-state index contributed by atoms with van der Waals surface area (Å²) in [6, 6.07) is 8.61. The molecule has 8 heteroatoms. The third kappa shape index (κ3) is 6.51. The van der Waals surface area contributed by atoms with Crippen LogP contribution in [-0.4, -0.2) is 10.9 Å². The molecule has 1 atom stereocenters. The van der Waals surface area contributed by atoms with Crippen molar-refractivity contribution in [3.05, 3.63) is 70.8 Å². The summed E-state index contributed by atoms with van der Waals surface area (Å²) in [4.78, 5) is 10.7. The van der Waals surface area contributed by atoms with E-state index in [1.165, 1.54) is 38.1 Å². The summed E-state index contributed by atoms with van der Waals surface area (Å²) in [6.07, 6.45) is -9.38. The van der Waals surface area contributed by atoms with Crippen LogP contribution in [0, 0.1) is 0 Å². The first kappa shape index (κ1) is 21.7. The number of hydrogen-bond acceptors (Lipinski definition) is 2. The van der Waals surface area contributed by atoms with Crippen LogP contribution in [0.5, 0.6) is 0 Å². The highest BCUT2D eigenvalue weighted by molar-refractivity contribution is 5.94. The Balaban J connectivity index is 0.000000260. The summed E-state index contributed by atoms with van der Waals surface area (Å²) in [7, 11) is 0. The standard InChI is InChI=1S/C9H9F3O.C9H7F3O/c2*1-6(13)7-2-4-8(5-3-7)9(10,11)12/h2-6,13H,1H3;2-5H,1H3. The summed E-state index contributed by atoms with van der Waals surface area (Å²) in [5.41, 5.74) is -0.671. The molecule has 0 radical (unpaired) electrons. The lowest BCUT2D eigenvalue weighted by Gasteiger charge is -2.08. The largest absolute Gasteiger partial charge is 0.416 e. The molecule has 0 heterocycles. The molecule has 0 fully saturated rings. The molecule has 1 unspecified atom stereocenters. The Hall–Kier alpha value is -2.35. The summed E-state index contributed by atoms with van der Waals surface area (Å²) in [5.74, 6) is -0.242. The van der Waals surface area contributed by atoms with E-state index in [1.807, 2.05) is 0 Å². The van der Waals surface area contributed by atoms with Gasteiger partial charge in [-0.1, -0.05) is 24.3 Å². The van der Waals surface area contributed by atoms with E-state index in [4.69, 9.17) is 5.11 Å². The van der Waals surface area contributed by atoms with Crippen molar-refractivity contribution in [2.45, 2.75) is 32.3 Å². The summed E-state index contributed by atoms with van der Waals surface area (Å²) in [6.45, 7) is 2.81. The topological polar surface area (TPSA) is 37.3 Å². The Kier molecular flexibility index (Phi) is 6.97. The number of rotatable bonds is 2. The summed E-state index contributed by atoms with van der Waals surface area (Å²) >= 11 is 0. The molecule has 0 saturated carbocycles. The lowest BCUT2D eigenvalue weighted by molar-refractivity contribution is -0.138. The van der Waals surface area contributed by atoms with Crippen molar-refractivity contribution in [1.82, 2.24) is 0 Å². The van der Waals surface area contributed by atoms with E-state index in [0.29, 0.717) is 5.56 Å².